The molecule has 0 N–H and O–H groups in total. The van der Waals surface area contributed by atoms with Gasteiger partial charge in [-0.1, -0.05) is 19.9 Å². The molecule has 0 amide bonds. The Morgan fingerprint density at radius 3 is 2.50 bits per heavy atom. The van der Waals surface area contributed by atoms with E-state index in [9.17, 15) is 0 Å². The van der Waals surface area contributed by atoms with E-state index in [1.807, 2.05) is 25.1 Å². The molecule has 0 aliphatic rings. The molecule has 0 radical (unpaired) electrons. The smallest absolute Gasteiger partial charge is 0.161 e. The third-order valence-corrected chi connectivity index (χ3v) is 3.22. The molecule has 0 unspecified atom stereocenters. The van der Waals surface area contributed by atoms with Gasteiger partial charge in [-0.3, -0.25) is 0 Å². The summed E-state index contributed by atoms with van der Waals surface area (Å²) in [6.45, 7) is 6.92. The average molecular weight is 240 g/mol. The van der Waals surface area contributed by atoms with Crippen molar-refractivity contribution in [3.63, 3.8) is 0 Å². The number of ether oxygens (including phenoxy) is 2. The van der Waals surface area contributed by atoms with Gasteiger partial charge in [-0.05, 0) is 30.4 Å². The van der Waals surface area contributed by atoms with Crippen LogP contribution < -0.4 is 9.47 Å². The van der Waals surface area contributed by atoms with Crippen LogP contribution in [0.25, 0.3) is 0 Å². The van der Waals surface area contributed by atoms with Crippen molar-refractivity contribution in [2.24, 2.45) is 5.41 Å². The van der Waals surface area contributed by atoms with Gasteiger partial charge < -0.3 is 9.47 Å². The van der Waals surface area contributed by atoms with Gasteiger partial charge >= 0.3 is 0 Å². The minimum absolute atomic E-state index is 0.0685. The molecule has 0 saturated carbocycles. The standard InChI is InChI=1S/C13H20O2S/c1-10-5-6-11(12(7-10)14-4)15-8-13(2,3)9-16/h5-7,16H,8-9H2,1-4H3. The summed E-state index contributed by atoms with van der Waals surface area (Å²) in [7, 11) is 1.66. The van der Waals surface area contributed by atoms with Crippen molar-refractivity contribution >= 4 is 12.6 Å². The highest BCUT2D eigenvalue weighted by atomic mass is 32.1. The van der Waals surface area contributed by atoms with Gasteiger partial charge in [-0.25, -0.2) is 0 Å². The lowest BCUT2D eigenvalue weighted by Gasteiger charge is -2.23. The van der Waals surface area contributed by atoms with Gasteiger partial charge in [0.15, 0.2) is 11.5 Å². The molecule has 0 spiro atoms. The fourth-order valence-electron chi connectivity index (χ4n) is 1.21. The van der Waals surface area contributed by atoms with Crippen LogP contribution >= 0.6 is 12.6 Å². The van der Waals surface area contributed by atoms with Gasteiger partial charge in [0, 0.05) is 5.41 Å². The van der Waals surface area contributed by atoms with Gasteiger partial charge in [0.25, 0.3) is 0 Å². The lowest BCUT2D eigenvalue weighted by molar-refractivity contribution is 0.195. The van der Waals surface area contributed by atoms with Crippen LogP contribution in [0.2, 0.25) is 0 Å². The van der Waals surface area contributed by atoms with Crippen molar-refractivity contribution in [3.05, 3.63) is 23.8 Å². The fourth-order valence-corrected chi connectivity index (χ4v) is 1.30. The van der Waals surface area contributed by atoms with Crippen LogP contribution in [0.4, 0.5) is 0 Å². The summed E-state index contributed by atoms with van der Waals surface area (Å²) in [5.41, 5.74) is 1.23. The van der Waals surface area contributed by atoms with Crippen molar-refractivity contribution in [2.45, 2.75) is 20.8 Å². The Labute approximate surface area is 103 Å². The molecular weight excluding hydrogens is 220 g/mol. The van der Waals surface area contributed by atoms with Crippen molar-refractivity contribution in [1.82, 2.24) is 0 Å². The number of methoxy groups -OCH3 is 1. The molecule has 0 aliphatic heterocycles. The van der Waals surface area contributed by atoms with E-state index in [2.05, 4.69) is 26.5 Å². The lowest BCUT2D eigenvalue weighted by atomic mass is 9.98. The van der Waals surface area contributed by atoms with E-state index < -0.39 is 0 Å². The molecular formula is C13H20O2S. The van der Waals surface area contributed by atoms with Crippen LogP contribution in [0.1, 0.15) is 19.4 Å². The highest BCUT2D eigenvalue weighted by Gasteiger charge is 2.17. The van der Waals surface area contributed by atoms with Crippen LogP contribution in [-0.2, 0) is 0 Å². The summed E-state index contributed by atoms with van der Waals surface area (Å²) in [6.07, 6.45) is 0. The topological polar surface area (TPSA) is 18.5 Å². The molecule has 3 heteroatoms. The maximum Gasteiger partial charge on any atom is 0.161 e. The van der Waals surface area contributed by atoms with Crippen LogP contribution in [0, 0.1) is 12.3 Å². The molecule has 1 aromatic rings. The highest BCUT2D eigenvalue weighted by Crippen LogP contribution is 2.29. The first-order chi connectivity index (χ1) is 7.48. The number of thiol groups is 1. The van der Waals surface area contributed by atoms with Gasteiger partial charge in [0.05, 0.1) is 13.7 Å². The number of hydrogen-bond donors (Lipinski definition) is 1. The monoisotopic (exact) mass is 240 g/mol. The van der Waals surface area contributed by atoms with Crippen molar-refractivity contribution in [1.29, 1.82) is 0 Å². The molecule has 90 valence electrons. The summed E-state index contributed by atoms with van der Waals surface area (Å²) < 4.78 is 11.0. The molecule has 2 nitrogen and oxygen atoms in total. The molecule has 0 atom stereocenters. The van der Waals surface area contributed by atoms with Crippen LogP contribution in [0.3, 0.4) is 0 Å². The third-order valence-electron chi connectivity index (χ3n) is 2.37. The highest BCUT2D eigenvalue weighted by molar-refractivity contribution is 7.80. The summed E-state index contributed by atoms with van der Waals surface area (Å²) in [5, 5.41) is 0. The quantitative estimate of drug-likeness (QED) is 0.796. The maximum absolute atomic E-state index is 5.76. The zero-order valence-electron chi connectivity index (χ0n) is 10.4. The Morgan fingerprint density at radius 2 is 1.94 bits per heavy atom. The Hall–Kier alpha value is -0.830. The first-order valence-electron chi connectivity index (χ1n) is 5.37. The number of benzene rings is 1. The van der Waals surface area contributed by atoms with Gasteiger partial charge in [-0.15, -0.1) is 0 Å². The van der Waals surface area contributed by atoms with E-state index in [0.717, 1.165) is 22.8 Å². The van der Waals surface area contributed by atoms with E-state index in [0.29, 0.717) is 6.61 Å². The normalized spacial score (nSPS) is 11.3. The second-order valence-electron chi connectivity index (χ2n) is 4.77. The predicted octanol–water partition coefficient (Wildman–Crippen LogP) is 3.34. The van der Waals surface area contributed by atoms with Gasteiger partial charge in [0.2, 0.25) is 0 Å². The van der Waals surface area contributed by atoms with E-state index in [4.69, 9.17) is 9.47 Å². The molecule has 16 heavy (non-hydrogen) atoms. The Kier molecular flexibility index (Phi) is 4.54. The minimum Gasteiger partial charge on any atom is -0.493 e. The first kappa shape index (κ1) is 13.2. The largest absolute Gasteiger partial charge is 0.493 e. The third kappa shape index (κ3) is 3.63. The van der Waals surface area contributed by atoms with Crippen LogP contribution in [0.5, 0.6) is 11.5 Å². The van der Waals surface area contributed by atoms with Gasteiger partial charge in [-0.2, -0.15) is 12.6 Å². The van der Waals surface area contributed by atoms with E-state index in [-0.39, 0.29) is 5.41 Å². The summed E-state index contributed by atoms with van der Waals surface area (Å²) >= 11 is 4.30. The minimum atomic E-state index is 0.0685. The molecule has 1 aromatic carbocycles. The van der Waals surface area contributed by atoms with Crippen molar-refractivity contribution in [2.75, 3.05) is 19.5 Å². The van der Waals surface area contributed by atoms with E-state index in [1.54, 1.807) is 7.11 Å². The maximum atomic E-state index is 5.76. The molecule has 0 saturated heterocycles. The predicted molar refractivity (Wildman–Crippen MR) is 70.9 cm³/mol. The zero-order chi connectivity index (χ0) is 12.2. The van der Waals surface area contributed by atoms with Crippen molar-refractivity contribution < 1.29 is 9.47 Å². The Balaban J connectivity index is 2.74. The molecule has 0 aromatic heterocycles. The number of hydrogen-bond acceptors (Lipinski definition) is 3. The van der Waals surface area contributed by atoms with E-state index >= 15 is 0 Å². The second-order valence-corrected chi connectivity index (χ2v) is 5.08. The second kappa shape index (κ2) is 5.48. The Bertz CT molecular complexity index is 348. The zero-order valence-corrected chi connectivity index (χ0v) is 11.3. The van der Waals surface area contributed by atoms with Crippen LogP contribution in [0.15, 0.2) is 18.2 Å². The summed E-state index contributed by atoms with van der Waals surface area (Å²) in [4.78, 5) is 0. The molecule has 0 bridgehead atoms. The lowest BCUT2D eigenvalue weighted by Crippen LogP contribution is -2.23. The SMILES string of the molecule is COc1cc(C)ccc1OCC(C)(C)CS. The molecule has 1 rings (SSSR count). The van der Waals surface area contributed by atoms with Crippen LogP contribution in [-0.4, -0.2) is 19.5 Å². The summed E-state index contributed by atoms with van der Waals surface area (Å²) in [5.74, 6) is 2.37. The van der Waals surface area contributed by atoms with Gasteiger partial charge in [0.1, 0.15) is 0 Å². The average Bonchev–Trinajstić information content (AvgIpc) is 2.27. The number of rotatable bonds is 5. The Morgan fingerprint density at radius 1 is 1.25 bits per heavy atom. The summed E-state index contributed by atoms with van der Waals surface area (Å²) in [6, 6.07) is 5.94. The molecule has 0 aliphatic carbocycles. The number of aryl methyl sites for hydroxylation is 1. The molecule has 0 heterocycles. The molecule has 0 fully saturated rings. The first-order valence-corrected chi connectivity index (χ1v) is 6.00. The van der Waals surface area contributed by atoms with E-state index in [1.165, 1.54) is 0 Å². The van der Waals surface area contributed by atoms with Crippen molar-refractivity contribution in [3.8, 4) is 11.5 Å². The fraction of sp³-hybridized carbons (Fsp3) is 0.538.